The Morgan fingerprint density at radius 2 is 1.80 bits per heavy atom. The highest BCUT2D eigenvalue weighted by Crippen LogP contribution is 2.36. The third-order valence-electron chi connectivity index (χ3n) is 4.20. The van der Waals surface area contributed by atoms with E-state index in [9.17, 15) is 0 Å². The van der Waals surface area contributed by atoms with E-state index in [1.165, 1.54) is 20.9 Å². The van der Waals surface area contributed by atoms with Crippen LogP contribution in [0.5, 0.6) is 0 Å². The van der Waals surface area contributed by atoms with Crippen molar-refractivity contribution in [2.24, 2.45) is 0 Å². The average molecular weight is 365 g/mol. The number of hydrogen-bond donors (Lipinski definition) is 0. The minimum absolute atomic E-state index is 0.694. The SMILES string of the molecule is CCc1cccc(-c2ccc(-c3ccnn3-c3ccccc3Cl)s2)c1. The molecule has 4 rings (SSSR count). The molecule has 0 bridgehead atoms. The van der Waals surface area contributed by atoms with Gasteiger partial charge >= 0.3 is 0 Å². The van der Waals surface area contributed by atoms with Crippen molar-refractivity contribution in [2.75, 3.05) is 0 Å². The monoisotopic (exact) mass is 364 g/mol. The van der Waals surface area contributed by atoms with E-state index in [0.717, 1.165) is 17.8 Å². The average Bonchev–Trinajstić information content (AvgIpc) is 3.31. The first-order chi connectivity index (χ1) is 12.3. The molecule has 0 atom stereocenters. The van der Waals surface area contributed by atoms with Crippen LogP contribution in [0.3, 0.4) is 0 Å². The Labute approximate surface area is 156 Å². The highest BCUT2D eigenvalue weighted by molar-refractivity contribution is 7.18. The molecule has 0 spiro atoms. The quantitative estimate of drug-likeness (QED) is 0.405. The van der Waals surface area contributed by atoms with Crippen molar-refractivity contribution in [1.29, 1.82) is 0 Å². The normalized spacial score (nSPS) is 11.0. The number of aromatic nitrogens is 2. The van der Waals surface area contributed by atoms with Gasteiger partial charge in [-0.3, -0.25) is 0 Å². The first kappa shape index (κ1) is 16.1. The van der Waals surface area contributed by atoms with E-state index >= 15 is 0 Å². The summed E-state index contributed by atoms with van der Waals surface area (Å²) in [5.74, 6) is 0. The molecule has 25 heavy (non-hydrogen) atoms. The van der Waals surface area contributed by atoms with Crippen molar-refractivity contribution in [2.45, 2.75) is 13.3 Å². The van der Waals surface area contributed by atoms with Crippen LogP contribution in [0.15, 0.2) is 72.9 Å². The van der Waals surface area contributed by atoms with Crippen LogP contribution >= 0.6 is 22.9 Å². The lowest BCUT2D eigenvalue weighted by atomic mass is 10.1. The van der Waals surface area contributed by atoms with Crippen LogP contribution in [-0.4, -0.2) is 9.78 Å². The smallest absolute Gasteiger partial charge is 0.0841 e. The van der Waals surface area contributed by atoms with Crippen LogP contribution in [0, 0.1) is 0 Å². The van der Waals surface area contributed by atoms with Crippen LogP contribution in [0.2, 0.25) is 5.02 Å². The van der Waals surface area contributed by atoms with Crippen molar-refractivity contribution in [3.8, 4) is 26.7 Å². The molecule has 0 radical (unpaired) electrons. The van der Waals surface area contributed by atoms with Crippen molar-refractivity contribution >= 4 is 22.9 Å². The molecule has 0 fully saturated rings. The van der Waals surface area contributed by atoms with E-state index in [1.54, 1.807) is 11.3 Å². The zero-order chi connectivity index (χ0) is 17.2. The van der Waals surface area contributed by atoms with E-state index in [2.05, 4.69) is 48.4 Å². The lowest BCUT2D eigenvalue weighted by molar-refractivity contribution is 0.890. The second kappa shape index (κ2) is 6.87. The maximum Gasteiger partial charge on any atom is 0.0841 e. The minimum Gasteiger partial charge on any atom is -0.231 e. The summed E-state index contributed by atoms with van der Waals surface area (Å²) in [6, 6.07) is 22.9. The predicted molar refractivity (Wildman–Crippen MR) is 107 cm³/mol. The molecule has 0 saturated heterocycles. The van der Waals surface area contributed by atoms with E-state index in [4.69, 9.17) is 11.6 Å². The molecule has 2 nitrogen and oxygen atoms in total. The highest BCUT2D eigenvalue weighted by atomic mass is 35.5. The van der Waals surface area contributed by atoms with Gasteiger partial charge in [0.05, 0.1) is 27.5 Å². The minimum atomic E-state index is 0.694. The summed E-state index contributed by atoms with van der Waals surface area (Å²) in [6.07, 6.45) is 2.86. The molecule has 2 heterocycles. The fourth-order valence-electron chi connectivity index (χ4n) is 2.88. The first-order valence-corrected chi connectivity index (χ1v) is 9.44. The number of rotatable bonds is 4. The van der Waals surface area contributed by atoms with Crippen LogP contribution < -0.4 is 0 Å². The van der Waals surface area contributed by atoms with E-state index in [0.29, 0.717) is 5.02 Å². The third-order valence-corrected chi connectivity index (χ3v) is 5.68. The topological polar surface area (TPSA) is 17.8 Å². The van der Waals surface area contributed by atoms with E-state index in [-0.39, 0.29) is 0 Å². The molecule has 2 aromatic carbocycles. The molecule has 124 valence electrons. The lowest BCUT2D eigenvalue weighted by Gasteiger charge is -2.07. The highest BCUT2D eigenvalue weighted by Gasteiger charge is 2.12. The van der Waals surface area contributed by atoms with Crippen molar-refractivity contribution in [3.05, 3.63) is 83.5 Å². The van der Waals surface area contributed by atoms with Crippen LogP contribution in [-0.2, 0) is 6.42 Å². The Balaban J connectivity index is 1.75. The van der Waals surface area contributed by atoms with Crippen molar-refractivity contribution in [3.63, 3.8) is 0 Å². The van der Waals surface area contributed by atoms with Crippen LogP contribution in [0.4, 0.5) is 0 Å². The van der Waals surface area contributed by atoms with Gasteiger partial charge in [0.25, 0.3) is 0 Å². The molecule has 0 saturated carbocycles. The number of benzene rings is 2. The fourth-order valence-corrected chi connectivity index (χ4v) is 4.11. The number of aryl methyl sites for hydroxylation is 1. The maximum atomic E-state index is 6.35. The number of halogens is 1. The Hall–Kier alpha value is -2.36. The lowest BCUT2D eigenvalue weighted by Crippen LogP contribution is -1.98. The van der Waals surface area contributed by atoms with Gasteiger partial charge in [0.2, 0.25) is 0 Å². The zero-order valence-corrected chi connectivity index (χ0v) is 15.4. The standard InChI is InChI=1S/C21H17ClN2S/c1-2-15-6-5-7-16(14-15)20-10-11-21(25-20)19-12-13-23-24(19)18-9-4-3-8-17(18)22/h3-14H,2H2,1H3. The van der Waals surface area contributed by atoms with Gasteiger partial charge in [-0.15, -0.1) is 11.3 Å². The Morgan fingerprint density at radius 1 is 0.960 bits per heavy atom. The second-order valence-corrected chi connectivity index (χ2v) is 7.29. The van der Waals surface area contributed by atoms with Gasteiger partial charge in [0, 0.05) is 4.88 Å². The van der Waals surface area contributed by atoms with Crippen LogP contribution in [0.25, 0.3) is 26.7 Å². The fraction of sp³-hybridized carbons (Fsp3) is 0.0952. The molecule has 0 N–H and O–H groups in total. The summed E-state index contributed by atoms with van der Waals surface area (Å²) in [6.45, 7) is 2.18. The molecule has 2 aromatic heterocycles. The molecule has 0 unspecified atom stereocenters. The number of thiophene rings is 1. The summed E-state index contributed by atoms with van der Waals surface area (Å²) in [7, 11) is 0. The number of para-hydroxylation sites is 1. The summed E-state index contributed by atoms with van der Waals surface area (Å²) in [5, 5.41) is 5.17. The summed E-state index contributed by atoms with van der Waals surface area (Å²) >= 11 is 8.13. The van der Waals surface area contributed by atoms with Gasteiger partial charge in [-0.2, -0.15) is 5.10 Å². The van der Waals surface area contributed by atoms with Gasteiger partial charge in [0.15, 0.2) is 0 Å². The Bertz CT molecular complexity index is 1020. The molecule has 0 aliphatic rings. The predicted octanol–water partition coefficient (Wildman–Crippen LogP) is 6.48. The molecule has 4 heteroatoms. The number of hydrogen-bond acceptors (Lipinski definition) is 2. The molecule has 0 amide bonds. The first-order valence-electron chi connectivity index (χ1n) is 8.24. The van der Waals surface area contributed by atoms with Gasteiger partial charge < -0.3 is 0 Å². The van der Waals surface area contributed by atoms with Crippen molar-refractivity contribution < 1.29 is 0 Å². The second-order valence-electron chi connectivity index (χ2n) is 5.80. The van der Waals surface area contributed by atoms with E-state index in [1.807, 2.05) is 41.2 Å². The largest absolute Gasteiger partial charge is 0.231 e. The zero-order valence-electron chi connectivity index (χ0n) is 13.8. The summed E-state index contributed by atoms with van der Waals surface area (Å²) < 4.78 is 1.90. The summed E-state index contributed by atoms with van der Waals surface area (Å²) in [5.41, 5.74) is 4.57. The molecule has 0 aliphatic carbocycles. The number of nitrogens with zero attached hydrogens (tertiary/aromatic N) is 2. The maximum absolute atomic E-state index is 6.35. The van der Waals surface area contributed by atoms with E-state index < -0.39 is 0 Å². The van der Waals surface area contributed by atoms with Gasteiger partial charge in [0.1, 0.15) is 0 Å². The summed E-state index contributed by atoms with van der Waals surface area (Å²) in [4.78, 5) is 2.44. The van der Waals surface area contributed by atoms with Gasteiger partial charge in [-0.25, -0.2) is 4.68 Å². The van der Waals surface area contributed by atoms with Crippen molar-refractivity contribution in [1.82, 2.24) is 9.78 Å². The van der Waals surface area contributed by atoms with Crippen LogP contribution in [0.1, 0.15) is 12.5 Å². The molecule has 4 aromatic rings. The Kier molecular flexibility index (Phi) is 4.43. The Morgan fingerprint density at radius 3 is 2.64 bits per heavy atom. The van der Waals surface area contributed by atoms with Gasteiger partial charge in [-0.05, 0) is 47.9 Å². The third kappa shape index (κ3) is 3.13. The molecular formula is C21H17ClN2S. The van der Waals surface area contributed by atoms with Gasteiger partial charge in [-0.1, -0.05) is 54.9 Å². The molecular weight excluding hydrogens is 348 g/mol. The molecule has 0 aliphatic heterocycles.